The zero-order valence-corrected chi connectivity index (χ0v) is 15.2. The van der Waals surface area contributed by atoms with Gasteiger partial charge in [0, 0.05) is 7.05 Å². The van der Waals surface area contributed by atoms with Gasteiger partial charge in [-0.2, -0.15) is 0 Å². The van der Waals surface area contributed by atoms with Crippen molar-refractivity contribution in [2.45, 2.75) is 26.4 Å². The summed E-state index contributed by atoms with van der Waals surface area (Å²) in [7, 11) is 3.67. The Balaban J connectivity index is 1.87. The molecule has 3 rings (SSSR count). The van der Waals surface area contributed by atoms with Crippen LogP contribution in [-0.2, 0) is 13.6 Å². The summed E-state index contributed by atoms with van der Waals surface area (Å²) in [5, 5.41) is 12.0. The Morgan fingerprint density at radius 3 is 2.08 bits per heavy atom. The third-order valence-corrected chi connectivity index (χ3v) is 4.51. The smallest absolute Gasteiger partial charge is 0.146 e. The van der Waals surface area contributed by atoms with Gasteiger partial charge >= 0.3 is 0 Å². The quantitative estimate of drug-likeness (QED) is 0.750. The van der Waals surface area contributed by atoms with E-state index in [0.717, 1.165) is 17.4 Å². The Morgan fingerprint density at radius 1 is 0.960 bits per heavy atom. The SMILES string of the molecule is COc1ccc(C(NCc2nnc(C)n2C)c2ccc(C)cc2)cc1. The molecule has 0 aliphatic heterocycles. The molecular formula is C20H24N4O. The first-order valence-corrected chi connectivity index (χ1v) is 8.37. The highest BCUT2D eigenvalue weighted by molar-refractivity contribution is 5.36. The van der Waals surface area contributed by atoms with Crippen LogP contribution < -0.4 is 10.1 Å². The summed E-state index contributed by atoms with van der Waals surface area (Å²) in [6.45, 7) is 4.70. The van der Waals surface area contributed by atoms with E-state index in [4.69, 9.17) is 4.74 Å². The van der Waals surface area contributed by atoms with E-state index in [2.05, 4.69) is 58.8 Å². The summed E-state index contributed by atoms with van der Waals surface area (Å²) >= 11 is 0. The van der Waals surface area contributed by atoms with Crippen molar-refractivity contribution in [1.82, 2.24) is 20.1 Å². The van der Waals surface area contributed by atoms with E-state index in [-0.39, 0.29) is 6.04 Å². The average molecular weight is 336 g/mol. The minimum Gasteiger partial charge on any atom is -0.497 e. The van der Waals surface area contributed by atoms with Gasteiger partial charge in [0.1, 0.15) is 17.4 Å². The first kappa shape index (κ1) is 17.2. The fraction of sp³-hybridized carbons (Fsp3) is 0.300. The highest BCUT2D eigenvalue weighted by atomic mass is 16.5. The van der Waals surface area contributed by atoms with Crippen molar-refractivity contribution < 1.29 is 4.74 Å². The Morgan fingerprint density at radius 2 is 1.56 bits per heavy atom. The zero-order valence-electron chi connectivity index (χ0n) is 15.2. The van der Waals surface area contributed by atoms with Crippen LogP contribution >= 0.6 is 0 Å². The lowest BCUT2D eigenvalue weighted by atomic mass is 9.97. The van der Waals surface area contributed by atoms with Crippen molar-refractivity contribution in [3.63, 3.8) is 0 Å². The van der Waals surface area contributed by atoms with E-state index < -0.39 is 0 Å². The highest BCUT2D eigenvalue weighted by Crippen LogP contribution is 2.25. The monoisotopic (exact) mass is 336 g/mol. The van der Waals surface area contributed by atoms with Gasteiger partial charge in [-0.3, -0.25) is 5.32 Å². The van der Waals surface area contributed by atoms with Crippen LogP contribution in [-0.4, -0.2) is 21.9 Å². The standard InChI is InChI=1S/C20H24N4O/c1-14-5-7-16(8-6-14)20(17-9-11-18(25-4)12-10-17)21-13-19-23-22-15(2)24(19)3/h5-12,20-21H,13H2,1-4H3. The van der Waals surface area contributed by atoms with Gasteiger partial charge in [0.25, 0.3) is 0 Å². The van der Waals surface area contributed by atoms with Crippen LogP contribution in [0.3, 0.4) is 0 Å². The van der Waals surface area contributed by atoms with Gasteiger partial charge in [-0.25, -0.2) is 0 Å². The molecule has 0 amide bonds. The molecule has 0 aliphatic rings. The molecule has 0 spiro atoms. The predicted octanol–water partition coefficient (Wildman–Crippen LogP) is 3.32. The van der Waals surface area contributed by atoms with Gasteiger partial charge in [0.15, 0.2) is 0 Å². The van der Waals surface area contributed by atoms with Crippen molar-refractivity contribution in [2.24, 2.45) is 7.05 Å². The largest absolute Gasteiger partial charge is 0.497 e. The summed E-state index contributed by atoms with van der Waals surface area (Å²) in [5.41, 5.74) is 3.65. The van der Waals surface area contributed by atoms with Gasteiger partial charge < -0.3 is 9.30 Å². The summed E-state index contributed by atoms with van der Waals surface area (Å²) < 4.78 is 7.28. The van der Waals surface area contributed by atoms with E-state index >= 15 is 0 Å². The van der Waals surface area contributed by atoms with Crippen LogP contribution in [0.15, 0.2) is 48.5 Å². The minimum atomic E-state index is 0.0727. The molecule has 3 aromatic rings. The van der Waals surface area contributed by atoms with Gasteiger partial charge in [-0.1, -0.05) is 42.0 Å². The molecule has 0 saturated heterocycles. The molecule has 1 unspecified atom stereocenters. The van der Waals surface area contributed by atoms with Crippen molar-refractivity contribution >= 4 is 0 Å². The second-order valence-electron chi connectivity index (χ2n) is 6.22. The summed E-state index contributed by atoms with van der Waals surface area (Å²) in [6, 6.07) is 16.9. The molecule has 5 heteroatoms. The lowest BCUT2D eigenvalue weighted by molar-refractivity contribution is 0.414. The number of aryl methyl sites for hydroxylation is 2. The van der Waals surface area contributed by atoms with Crippen LogP contribution in [0.1, 0.15) is 34.4 Å². The molecule has 25 heavy (non-hydrogen) atoms. The summed E-state index contributed by atoms with van der Waals surface area (Å²) in [5.74, 6) is 2.69. The third-order valence-electron chi connectivity index (χ3n) is 4.51. The maximum Gasteiger partial charge on any atom is 0.146 e. The number of nitrogens with one attached hydrogen (secondary N) is 1. The van der Waals surface area contributed by atoms with Crippen LogP contribution in [0.25, 0.3) is 0 Å². The van der Waals surface area contributed by atoms with Crippen molar-refractivity contribution in [2.75, 3.05) is 7.11 Å². The number of benzene rings is 2. The molecule has 1 aromatic heterocycles. The summed E-state index contributed by atoms with van der Waals surface area (Å²) in [4.78, 5) is 0. The fourth-order valence-corrected chi connectivity index (χ4v) is 2.78. The molecule has 0 saturated carbocycles. The number of hydrogen-bond donors (Lipinski definition) is 1. The van der Waals surface area contributed by atoms with E-state index in [1.54, 1.807) is 7.11 Å². The van der Waals surface area contributed by atoms with Gasteiger partial charge in [-0.15, -0.1) is 10.2 Å². The van der Waals surface area contributed by atoms with E-state index in [1.807, 2.05) is 30.7 Å². The van der Waals surface area contributed by atoms with Gasteiger partial charge in [0.05, 0.1) is 19.7 Å². The number of methoxy groups -OCH3 is 1. The second kappa shape index (κ2) is 7.49. The third kappa shape index (κ3) is 3.88. The van der Waals surface area contributed by atoms with Gasteiger partial charge in [0.2, 0.25) is 0 Å². The first-order valence-electron chi connectivity index (χ1n) is 8.37. The van der Waals surface area contributed by atoms with Crippen LogP contribution in [0.2, 0.25) is 0 Å². The normalized spacial score (nSPS) is 12.2. The fourth-order valence-electron chi connectivity index (χ4n) is 2.78. The molecule has 1 N–H and O–H groups in total. The maximum atomic E-state index is 5.28. The topological polar surface area (TPSA) is 52.0 Å². The van der Waals surface area contributed by atoms with Crippen LogP contribution in [0.5, 0.6) is 5.75 Å². The molecule has 130 valence electrons. The Hall–Kier alpha value is -2.66. The predicted molar refractivity (Wildman–Crippen MR) is 98.6 cm³/mol. The summed E-state index contributed by atoms with van der Waals surface area (Å²) in [6.07, 6.45) is 0. The van der Waals surface area contributed by atoms with Crippen molar-refractivity contribution in [1.29, 1.82) is 0 Å². The molecule has 2 aromatic carbocycles. The number of hydrogen-bond acceptors (Lipinski definition) is 4. The molecule has 0 fully saturated rings. The van der Waals surface area contributed by atoms with E-state index in [9.17, 15) is 0 Å². The zero-order chi connectivity index (χ0) is 17.8. The number of aromatic nitrogens is 3. The number of rotatable bonds is 6. The molecule has 1 heterocycles. The number of nitrogens with zero attached hydrogens (tertiary/aromatic N) is 3. The Kier molecular flexibility index (Phi) is 5.14. The molecular weight excluding hydrogens is 312 g/mol. The Labute approximate surface area is 148 Å². The number of ether oxygens (including phenoxy) is 1. The molecule has 1 atom stereocenters. The van der Waals surface area contributed by atoms with E-state index in [1.165, 1.54) is 16.7 Å². The minimum absolute atomic E-state index is 0.0727. The Bertz CT molecular complexity index is 822. The molecule has 0 radical (unpaired) electrons. The lowest BCUT2D eigenvalue weighted by Crippen LogP contribution is -2.23. The maximum absolute atomic E-state index is 5.28. The second-order valence-corrected chi connectivity index (χ2v) is 6.22. The average Bonchev–Trinajstić information content (AvgIpc) is 2.96. The first-order chi connectivity index (χ1) is 12.1. The van der Waals surface area contributed by atoms with Crippen molar-refractivity contribution in [3.8, 4) is 5.75 Å². The highest BCUT2D eigenvalue weighted by Gasteiger charge is 2.15. The van der Waals surface area contributed by atoms with Gasteiger partial charge in [-0.05, 0) is 37.1 Å². The van der Waals surface area contributed by atoms with Crippen molar-refractivity contribution in [3.05, 3.63) is 76.9 Å². The molecule has 0 aliphatic carbocycles. The van der Waals surface area contributed by atoms with Crippen LogP contribution in [0, 0.1) is 13.8 Å². The lowest BCUT2D eigenvalue weighted by Gasteiger charge is -2.20. The van der Waals surface area contributed by atoms with Crippen LogP contribution in [0.4, 0.5) is 0 Å². The molecule has 0 bridgehead atoms. The molecule has 5 nitrogen and oxygen atoms in total. The van der Waals surface area contributed by atoms with E-state index in [0.29, 0.717) is 6.54 Å².